The number of para-hydroxylation sites is 1. The standard InChI is InChI=1S/C27H31N3O8/c1-25(2,3)38-24(35)29-14-15(16-9-6-7-10-17(16)29)13-26-18(20(31)36-4)19(21(32)37-5)27(22(33)28-26)11-8-12-30(27)23(26)34/h6-7,9-10,14,18-19H,8,11-13H2,1-5H3,(H,28,33)/t18-,19-,26-,27-/m0/s1. The molecule has 202 valence electrons. The van der Waals surface area contributed by atoms with Crippen molar-refractivity contribution < 1.29 is 38.2 Å². The number of nitrogens with one attached hydrogen (secondary N) is 1. The van der Waals surface area contributed by atoms with Gasteiger partial charge in [0.05, 0.1) is 19.7 Å². The van der Waals surface area contributed by atoms with E-state index in [0.717, 1.165) is 0 Å². The number of rotatable bonds is 4. The van der Waals surface area contributed by atoms with Crippen LogP contribution in [0.25, 0.3) is 10.9 Å². The first-order valence-electron chi connectivity index (χ1n) is 12.5. The molecule has 6 rings (SSSR count). The molecule has 38 heavy (non-hydrogen) atoms. The fourth-order valence-corrected chi connectivity index (χ4v) is 6.51. The molecule has 5 heterocycles. The average molecular weight is 526 g/mol. The summed E-state index contributed by atoms with van der Waals surface area (Å²) in [6.07, 6.45) is 1.50. The number of carbonyl (C=O) groups is 5. The normalized spacial score (nSPS) is 28.2. The molecule has 4 aliphatic heterocycles. The van der Waals surface area contributed by atoms with Crippen LogP contribution in [-0.2, 0) is 39.8 Å². The highest BCUT2D eigenvalue weighted by molar-refractivity contribution is 6.11. The number of hydrogen-bond donors (Lipinski definition) is 1. The molecule has 1 aromatic heterocycles. The molecule has 0 aliphatic carbocycles. The summed E-state index contributed by atoms with van der Waals surface area (Å²) < 4.78 is 17.1. The molecule has 0 unspecified atom stereocenters. The van der Waals surface area contributed by atoms with Crippen molar-refractivity contribution >= 4 is 40.7 Å². The molecule has 11 heteroatoms. The highest BCUT2D eigenvalue weighted by Crippen LogP contribution is 2.54. The number of esters is 2. The summed E-state index contributed by atoms with van der Waals surface area (Å²) in [7, 11) is 2.37. The average Bonchev–Trinajstić information content (AvgIpc) is 3.47. The van der Waals surface area contributed by atoms with Crippen molar-refractivity contribution in [2.75, 3.05) is 20.8 Å². The van der Waals surface area contributed by atoms with E-state index in [2.05, 4.69) is 5.32 Å². The number of ether oxygens (including phenoxy) is 3. The third kappa shape index (κ3) is 3.44. The summed E-state index contributed by atoms with van der Waals surface area (Å²) in [5.74, 6) is -5.08. The summed E-state index contributed by atoms with van der Waals surface area (Å²) >= 11 is 0. The fourth-order valence-electron chi connectivity index (χ4n) is 6.51. The number of methoxy groups -OCH3 is 2. The minimum absolute atomic E-state index is 0.159. The first kappa shape index (κ1) is 25.7. The highest BCUT2D eigenvalue weighted by Gasteiger charge is 2.77. The van der Waals surface area contributed by atoms with Gasteiger partial charge in [0.15, 0.2) is 0 Å². The number of hydrogen-bond acceptors (Lipinski definition) is 8. The van der Waals surface area contributed by atoms with Crippen molar-refractivity contribution in [3.63, 3.8) is 0 Å². The van der Waals surface area contributed by atoms with Gasteiger partial charge < -0.3 is 24.4 Å². The van der Waals surface area contributed by atoms with E-state index < -0.39 is 58.4 Å². The monoisotopic (exact) mass is 525 g/mol. The van der Waals surface area contributed by atoms with Crippen LogP contribution in [0.2, 0.25) is 0 Å². The molecule has 4 fully saturated rings. The smallest absolute Gasteiger partial charge is 0.419 e. The molecule has 11 nitrogen and oxygen atoms in total. The number of benzene rings is 1. The van der Waals surface area contributed by atoms with Crippen LogP contribution < -0.4 is 5.32 Å². The Morgan fingerprint density at radius 2 is 1.71 bits per heavy atom. The van der Waals surface area contributed by atoms with Gasteiger partial charge in [0.1, 0.15) is 28.5 Å². The highest BCUT2D eigenvalue weighted by atomic mass is 16.6. The van der Waals surface area contributed by atoms with Gasteiger partial charge in [-0.2, -0.15) is 0 Å². The molecule has 2 bridgehead atoms. The number of nitrogens with zero attached hydrogens (tertiary/aromatic N) is 2. The van der Waals surface area contributed by atoms with Crippen LogP contribution in [0.3, 0.4) is 0 Å². The Morgan fingerprint density at radius 3 is 2.37 bits per heavy atom. The van der Waals surface area contributed by atoms with Crippen LogP contribution in [0.4, 0.5) is 4.79 Å². The molecule has 0 saturated carbocycles. The van der Waals surface area contributed by atoms with E-state index in [-0.39, 0.29) is 19.4 Å². The zero-order valence-corrected chi connectivity index (χ0v) is 22.0. The molecule has 1 spiro atoms. The lowest BCUT2D eigenvalue weighted by Crippen LogP contribution is -2.87. The lowest BCUT2D eigenvalue weighted by Gasteiger charge is -2.60. The van der Waals surface area contributed by atoms with Crippen molar-refractivity contribution in [2.45, 2.75) is 56.7 Å². The molecular formula is C27H31N3O8. The van der Waals surface area contributed by atoms with Gasteiger partial charge in [0, 0.05) is 24.5 Å². The van der Waals surface area contributed by atoms with E-state index in [1.54, 1.807) is 51.2 Å². The van der Waals surface area contributed by atoms with Crippen LogP contribution in [0.5, 0.6) is 0 Å². The third-order valence-electron chi connectivity index (χ3n) is 7.92. The van der Waals surface area contributed by atoms with Gasteiger partial charge in [0.25, 0.3) is 5.91 Å². The van der Waals surface area contributed by atoms with Crippen LogP contribution in [-0.4, -0.2) is 76.8 Å². The van der Waals surface area contributed by atoms with Gasteiger partial charge in [-0.3, -0.25) is 23.7 Å². The summed E-state index contributed by atoms with van der Waals surface area (Å²) in [5, 5.41) is 3.48. The first-order valence-corrected chi connectivity index (χ1v) is 12.5. The molecule has 0 radical (unpaired) electrons. The molecule has 1 N–H and O–H groups in total. The van der Waals surface area contributed by atoms with Gasteiger partial charge in [0.2, 0.25) is 5.91 Å². The maximum absolute atomic E-state index is 14.1. The predicted octanol–water partition coefficient (Wildman–Crippen LogP) is 1.79. The van der Waals surface area contributed by atoms with Crippen LogP contribution in [0, 0.1) is 11.8 Å². The van der Waals surface area contributed by atoms with E-state index in [9.17, 15) is 24.0 Å². The van der Waals surface area contributed by atoms with Gasteiger partial charge in [-0.15, -0.1) is 0 Å². The molecule has 4 saturated heterocycles. The quantitative estimate of drug-likeness (QED) is 0.472. The second-order valence-corrected chi connectivity index (χ2v) is 11.1. The van der Waals surface area contributed by atoms with Crippen molar-refractivity contribution in [3.05, 3.63) is 36.0 Å². The Labute approximate surface area is 219 Å². The minimum Gasteiger partial charge on any atom is -0.469 e. The van der Waals surface area contributed by atoms with E-state index in [1.807, 2.05) is 0 Å². The Bertz CT molecular complexity index is 1370. The molecule has 2 aromatic rings. The molecular weight excluding hydrogens is 494 g/mol. The first-order chi connectivity index (χ1) is 17.9. The second-order valence-electron chi connectivity index (χ2n) is 11.1. The Kier molecular flexibility index (Phi) is 5.81. The second kappa shape index (κ2) is 8.57. The van der Waals surface area contributed by atoms with E-state index in [0.29, 0.717) is 22.9 Å². The number of aromatic nitrogens is 1. The van der Waals surface area contributed by atoms with Crippen LogP contribution in [0.15, 0.2) is 30.5 Å². The topological polar surface area (TPSA) is 133 Å². The summed E-state index contributed by atoms with van der Waals surface area (Å²) in [4.78, 5) is 68.8. The Hall–Kier alpha value is -3.89. The lowest BCUT2D eigenvalue weighted by molar-refractivity contribution is -0.199. The lowest BCUT2D eigenvalue weighted by atomic mass is 9.56. The van der Waals surface area contributed by atoms with Gasteiger partial charge >= 0.3 is 18.0 Å². The van der Waals surface area contributed by atoms with Crippen molar-refractivity contribution in [3.8, 4) is 0 Å². The van der Waals surface area contributed by atoms with Gasteiger partial charge in [-0.05, 0) is 45.2 Å². The van der Waals surface area contributed by atoms with Gasteiger partial charge in [-0.25, -0.2) is 4.79 Å². The molecule has 1 aromatic carbocycles. The van der Waals surface area contributed by atoms with Crippen molar-refractivity contribution in [2.24, 2.45) is 11.8 Å². The number of fused-ring (bicyclic) bond motifs is 3. The number of piperazine rings is 1. The van der Waals surface area contributed by atoms with Crippen molar-refractivity contribution in [1.82, 2.24) is 14.8 Å². The summed E-state index contributed by atoms with van der Waals surface area (Å²) in [6, 6.07) is 7.07. The number of carbonyl (C=O) groups excluding carboxylic acids is 5. The fraction of sp³-hybridized carbons (Fsp3) is 0.519. The number of amides is 2. The van der Waals surface area contributed by atoms with Crippen LogP contribution in [0.1, 0.15) is 39.2 Å². The zero-order chi connectivity index (χ0) is 27.6. The zero-order valence-electron chi connectivity index (χ0n) is 22.0. The summed E-state index contributed by atoms with van der Waals surface area (Å²) in [5.41, 5.74) is -3.03. The molecule has 2 amide bonds. The molecule has 4 atom stereocenters. The summed E-state index contributed by atoms with van der Waals surface area (Å²) in [6.45, 7) is 5.54. The Morgan fingerprint density at radius 1 is 1.05 bits per heavy atom. The Balaban J connectivity index is 1.69. The SMILES string of the molecule is COC(=O)[C@@H]1[C@@H](C(=O)OC)[C@]23CCCN2C(=O)[C@@]1(Cc1cn(C(=O)OC(C)(C)C)c2ccccc12)NC3=O. The predicted molar refractivity (Wildman–Crippen MR) is 133 cm³/mol. The minimum atomic E-state index is -1.82. The largest absolute Gasteiger partial charge is 0.469 e. The van der Waals surface area contributed by atoms with E-state index in [4.69, 9.17) is 14.2 Å². The maximum Gasteiger partial charge on any atom is 0.419 e. The molecule has 4 aliphatic rings. The van der Waals surface area contributed by atoms with Gasteiger partial charge in [-0.1, -0.05) is 18.2 Å². The number of piperidine rings is 2. The third-order valence-corrected chi connectivity index (χ3v) is 7.92. The van der Waals surface area contributed by atoms with E-state index in [1.165, 1.54) is 23.7 Å². The maximum atomic E-state index is 14.1. The van der Waals surface area contributed by atoms with Crippen LogP contribution >= 0.6 is 0 Å². The van der Waals surface area contributed by atoms with E-state index >= 15 is 0 Å². The van der Waals surface area contributed by atoms with Crippen molar-refractivity contribution in [1.29, 1.82) is 0 Å².